The monoisotopic (exact) mass is 642 g/mol. The number of rotatable bonds is 36. The second kappa shape index (κ2) is 34.6. The van der Waals surface area contributed by atoms with Gasteiger partial charge in [0.2, 0.25) is 5.91 Å². The van der Waals surface area contributed by atoms with Gasteiger partial charge >= 0.3 is 0 Å². The first kappa shape index (κ1) is 44.3. The molecule has 0 saturated heterocycles. The van der Waals surface area contributed by atoms with Gasteiger partial charge in [0, 0.05) is 0 Å². The number of hydrogen-bond acceptors (Lipinski definition) is 5. The van der Waals surface area contributed by atoms with E-state index in [0.29, 0.717) is 12.8 Å². The summed E-state index contributed by atoms with van der Waals surface area (Å²) in [6.07, 6.45) is 34.0. The maximum absolute atomic E-state index is 12.5. The Hall–Kier alpha value is -0.690. The predicted octanol–water partition coefficient (Wildman–Crippen LogP) is 9.68. The molecule has 0 spiro atoms. The Morgan fingerprint density at radius 1 is 0.467 bits per heavy atom. The highest BCUT2D eigenvalue weighted by molar-refractivity contribution is 5.80. The molecule has 0 aromatic heterocycles. The van der Waals surface area contributed by atoms with E-state index in [-0.39, 0.29) is 0 Å². The van der Waals surface area contributed by atoms with E-state index < -0.39 is 36.9 Å². The Balaban J connectivity index is 3.75. The molecule has 5 N–H and O–H groups in total. The van der Waals surface area contributed by atoms with E-state index in [1.54, 1.807) is 0 Å². The Morgan fingerprint density at radius 2 is 0.756 bits per heavy atom. The number of hydrogen-bond donors (Lipinski definition) is 5. The van der Waals surface area contributed by atoms with Crippen LogP contribution in [-0.4, -0.2) is 57.3 Å². The third-order valence-corrected chi connectivity index (χ3v) is 9.57. The van der Waals surface area contributed by atoms with Crippen molar-refractivity contribution in [2.24, 2.45) is 0 Å². The Morgan fingerprint density at radius 3 is 1.07 bits per heavy atom. The highest BCUT2D eigenvalue weighted by atomic mass is 16.3. The molecule has 0 aromatic carbocycles. The number of aliphatic hydroxyl groups is 4. The highest BCUT2D eigenvalue weighted by Gasteiger charge is 2.28. The molecule has 6 heteroatoms. The molecule has 45 heavy (non-hydrogen) atoms. The van der Waals surface area contributed by atoms with Crippen molar-refractivity contribution in [2.45, 2.75) is 237 Å². The van der Waals surface area contributed by atoms with Gasteiger partial charge in [0.05, 0.1) is 18.8 Å². The van der Waals surface area contributed by atoms with Crippen LogP contribution in [0.3, 0.4) is 0 Å². The first-order valence-corrected chi connectivity index (χ1v) is 19.9. The summed E-state index contributed by atoms with van der Waals surface area (Å²) in [6.45, 7) is 4.04. The zero-order valence-electron chi connectivity index (χ0n) is 30.1. The van der Waals surface area contributed by atoms with Crippen LogP contribution in [0.2, 0.25) is 0 Å². The Bertz CT molecular complexity index is 604. The molecule has 0 aliphatic heterocycles. The number of nitrogens with one attached hydrogen (secondary N) is 1. The zero-order valence-corrected chi connectivity index (χ0v) is 30.1. The minimum atomic E-state index is -1.25. The maximum Gasteiger partial charge on any atom is 0.249 e. The lowest BCUT2D eigenvalue weighted by Crippen LogP contribution is -2.53. The van der Waals surface area contributed by atoms with E-state index in [1.165, 1.54) is 148 Å². The van der Waals surface area contributed by atoms with Crippen molar-refractivity contribution in [2.75, 3.05) is 6.61 Å². The fraction of sp³-hybridized carbons (Fsp3) is 0.974. The fourth-order valence-corrected chi connectivity index (χ4v) is 6.34. The molecule has 0 rings (SSSR count). The van der Waals surface area contributed by atoms with Crippen LogP contribution in [0.25, 0.3) is 0 Å². The molecule has 0 fully saturated rings. The standard InChI is InChI=1S/C39H79NO5/c1-3-5-7-9-11-13-15-17-18-19-21-23-25-27-29-31-33-37(43)39(45)40-35(34-41)38(44)36(42)32-30-28-26-24-22-20-16-14-12-10-8-6-4-2/h35-38,41-44H,3-34H2,1-2H3,(H,40,45). The van der Waals surface area contributed by atoms with Crippen molar-refractivity contribution < 1.29 is 25.2 Å². The second-order valence-electron chi connectivity index (χ2n) is 14.0. The normalized spacial score (nSPS) is 14.4. The lowest BCUT2D eigenvalue weighted by Gasteiger charge is -2.27. The Kier molecular flexibility index (Phi) is 34.1. The molecular formula is C39H79NO5. The summed E-state index contributed by atoms with van der Waals surface area (Å²) in [6, 6.07) is -0.977. The summed E-state index contributed by atoms with van der Waals surface area (Å²) in [7, 11) is 0. The highest BCUT2D eigenvalue weighted by Crippen LogP contribution is 2.16. The van der Waals surface area contributed by atoms with Gasteiger partial charge in [0.25, 0.3) is 0 Å². The minimum Gasteiger partial charge on any atom is -0.394 e. The first-order valence-electron chi connectivity index (χ1n) is 19.9. The fourth-order valence-electron chi connectivity index (χ4n) is 6.34. The lowest BCUT2D eigenvalue weighted by molar-refractivity contribution is -0.132. The summed E-state index contributed by atoms with van der Waals surface area (Å²) in [5, 5.41) is 43.5. The van der Waals surface area contributed by atoms with Crippen LogP contribution in [0.15, 0.2) is 0 Å². The average molecular weight is 642 g/mol. The van der Waals surface area contributed by atoms with Gasteiger partial charge in [0.1, 0.15) is 12.2 Å². The number of carbonyl (C=O) groups excluding carboxylic acids is 1. The predicted molar refractivity (Wildman–Crippen MR) is 192 cm³/mol. The molecule has 6 nitrogen and oxygen atoms in total. The second-order valence-corrected chi connectivity index (χ2v) is 14.0. The van der Waals surface area contributed by atoms with Crippen LogP contribution in [0.1, 0.15) is 213 Å². The summed E-state index contributed by atoms with van der Waals surface area (Å²) in [5.74, 6) is -0.581. The molecule has 0 radical (unpaired) electrons. The van der Waals surface area contributed by atoms with E-state index >= 15 is 0 Å². The zero-order chi connectivity index (χ0) is 33.2. The SMILES string of the molecule is CCCCCCCCCCCCCCCCCCC(O)C(=O)NC(CO)C(O)C(O)CCCCCCCCCCCCCCC. The summed E-state index contributed by atoms with van der Waals surface area (Å²) >= 11 is 0. The van der Waals surface area contributed by atoms with Crippen molar-refractivity contribution in [3.8, 4) is 0 Å². The third-order valence-electron chi connectivity index (χ3n) is 9.57. The van der Waals surface area contributed by atoms with E-state index in [2.05, 4.69) is 19.2 Å². The lowest BCUT2D eigenvalue weighted by atomic mass is 9.99. The maximum atomic E-state index is 12.5. The molecule has 4 unspecified atom stereocenters. The molecule has 4 atom stereocenters. The van der Waals surface area contributed by atoms with E-state index in [4.69, 9.17) is 0 Å². The minimum absolute atomic E-state index is 0.375. The smallest absolute Gasteiger partial charge is 0.249 e. The first-order chi connectivity index (χ1) is 22.0. The van der Waals surface area contributed by atoms with Gasteiger partial charge in [-0.25, -0.2) is 0 Å². The Labute approximate surface area is 279 Å². The van der Waals surface area contributed by atoms with E-state index in [9.17, 15) is 25.2 Å². The topological polar surface area (TPSA) is 110 Å². The molecule has 0 aromatic rings. The quantitative estimate of drug-likeness (QED) is 0.0438. The molecule has 0 bridgehead atoms. The molecule has 1 amide bonds. The van der Waals surface area contributed by atoms with Crippen molar-refractivity contribution >= 4 is 5.91 Å². The average Bonchev–Trinajstić information content (AvgIpc) is 3.04. The van der Waals surface area contributed by atoms with E-state index in [0.717, 1.165) is 38.5 Å². The van der Waals surface area contributed by atoms with Gasteiger partial charge in [-0.15, -0.1) is 0 Å². The van der Waals surface area contributed by atoms with E-state index in [1.807, 2.05) is 0 Å². The summed E-state index contributed by atoms with van der Waals surface area (Å²) < 4.78 is 0. The van der Waals surface area contributed by atoms with Crippen LogP contribution in [0.4, 0.5) is 0 Å². The van der Waals surface area contributed by atoms with Crippen LogP contribution < -0.4 is 5.32 Å². The molecule has 0 aliphatic carbocycles. The molecule has 270 valence electrons. The third kappa shape index (κ3) is 29.2. The van der Waals surface area contributed by atoms with Gasteiger partial charge in [-0.05, 0) is 12.8 Å². The summed E-state index contributed by atoms with van der Waals surface area (Å²) in [5.41, 5.74) is 0. The van der Waals surface area contributed by atoms with Gasteiger partial charge in [0.15, 0.2) is 0 Å². The number of aliphatic hydroxyl groups excluding tert-OH is 4. The largest absolute Gasteiger partial charge is 0.394 e. The number of carbonyl (C=O) groups is 1. The molecule has 0 heterocycles. The van der Waals surface area contributed by atoms with Gasteiger partial charge in [-0.1, -0.05) is 200 Å². The van der Waals surface area contributed by atoms with Crippen LogP contribution in [0, 0.1) is 0 Å². The van der Waals surface area contributed by atoms with Crippen LogP contribution in [-0.2, 0) is 4.79 Å². The van der Waals surface area contributed by atoms with Gasteiger partial charge in [-0.2, -0.15) is 0 Å². The summed E-state index contributed by atoms with van der Waals surface area (Å²) in [4.78, 5) is 12.5. The van der Waals surface area contributed by atoms with Crippen molar-refractivity contribution in [3.05, 3.63) is 0 Å². The number of amides is 1. The van der Waals surface area contributed by atoms with Crippen LogP contribution in [0.5, 0.6) is 0 Å². The number of unbranched alkanes of at least 4 members (excludes halogenated alkanes) is 27. The molecular weight excluding hydrogens is 562 g/mol. The molecule has 0 saturated carbocycles. The van der Waals surface area contributed by atoms with Crippen molar-refractivity contribution in [3.63, 3.8) is 0 Å². The van der Waals surface area contributed by atoms with Gasteiger partial charge in [-0.3, -0.25) is 4.79 Å². The van der Waals surface area contributed by atoms with Crippen LogP contribution >= 0.6 is 0 Å². The van der Waals surface area contributed by atoms with Crippen molar-refractivity contribution in [1.82, 2.24) is 5.32 Å². The van der Waals surface area contributed by atoms with Crippen molar-refractivity contribution in [1.29, 1.82) is 0 Å². The molecule has 0 aliphatic rings. The van der Waals surface area contributed by atoms with Gasteiger partial charge < -0.3 is 25.7 Å².